The van der Waals surface area contributed by atoms with Gasteiger partial charge in [0, 0.05) is 19.3 Å². The van der Waals surface area contributed by atoms with E-state index in [1.807, 2.05) is 6.07 Å². The van der Waals surface area contributed by atoms with Gasteiger partial charge in [-0.15, -0.1) is 0 Å². The highest BCUT2D eigenvalue weighted by Crippen LogP contribution is 2.22. The highest BCUT2D eigenvalue weighted by atomic mass is 16.2. The number of aryl methyl sites for hydroxylation is 2. The van der Waals surface area contributed by atoms with Crippen LogP contribution in [0.5, 0.6) is 0 Å². The molecule has 0 spiro atoms. The molecular formula is C18H15N3O3. The van der Waals surface area contributed by atoms with Crippen LogP contribution in [-0.2, 0) is 6.54 Å². The molecule has 6 nitrogen and oxygen atoms in total. The maximum absolute atomic E-state index is 12.3. The number of fused-ring (bicyclic) bond motifs is 1. The minimum atomic E-state index is -0.347. The van der Waals surface area contributed by atoms with E-state index in [9.17, 15) is 14.4 Å². The summed E-state index contributed by atoms with van der Waals surface area (Å²) in [5.41, 5.74) is 1.25. The third-order valence-corrected chi connectivity index (χ3v) is 4.14. The smallest absolute Gasteiger partial charge is 0.268 e. The highest BCUT2D eigenvalue weighted by molar-refractivity contribution is 6.21. The van der Waals surface area contributed by atoms with Crippen LogP contribution in [0.15, 0.2) is 41.3 Å². The molecule has 120 valence electrons. The lowest BCUT2D eigenvalue weighted by Crippen LogP contribution is -2.32. The lowest BCUT2D eigenvalue weighted by atomic mass is 10.1. The van der Waals surface area contributed by atoms with Crippen molar-refractivity contribution in [2.45, 2.75) is 19.9 Å². The molecular weight excluding hydrogens is 306 g/mol. The van der Waals surface area contributed by atoms with Gasteiger partial charge in [-0.2, -0.15) is 5.26 Å². The molecule has 1 aromatic carbocycles. The first-order valence-electron chi connectivity index (χ1n) is 7.60. The Kier molecular flexibility index (Phi) is 4.00. The molecule has 2 amide bonds. The molecule has 1 aliphatic heterocycles. The van der Waals surface area contributed by atoms with E-state index in [4.69, 9.17) is 5.26 Å². The zero-order valence-electron chi connectivity index (χ0n) is 13.2. The van der Waals surface area contributed by atoms with Gasteiger partial charge in [0.15, 0.2) is 0 Å². The number of hydrogen-bond acceptors (Lipinski definition) is 4. The van der Waals surface area contributed by atoms with Crippen LogP contribution in [0.3, 0.4) is 0 Å². The van der Waals surface area contributed by atoms with Crippen LogP contribution >= 0.6 is 0 Å². The summed E-state index contributed by atoms with van der Waals surface area (Å²) in [4.78, 5) is 37.9. The van der Waals surface area contributed by atoms with Gasteiger partial charge in [-0.25, -0.2) is 0 Å². The Morgan fingerprint density at radius 1 is 1.00 bits per heavy atom. The topological polar surface area (TPSA) is 83.2 Å². The largest absolute Gasteiger partial charge is 0.314 e. The number of imide groups is 1. The molecule has 0 N–H and O–H groups in total. The van der Waals surface area contributed by atoms with Crippen molar-refractivity contribution in [3.8, 4) is 6.07 Å². The van der Waals surface area contributed by atoms with Crippen molar-refractivity contribution in [3.63, 3.8) is 0 Å². The standard InChI is InChI=1S/C18H15N3O3/c1-12-7-10-20(16(22)15(12)11-19)8-4-9-21-17(23)13-5-2-3-6-14(13)18(21)24/h2-3,5-7,10H,4,8-9H2,1H3. The monoisotopic (exact) mass is 321 g/mol. The van der Waals surface area contributed by atoms with Crippen LogP contribution in [0.25, 0.3) is 0 Å². The normalized spacial score (nSPS) is 13.1. The molecule has 1 aliphatic rings. The second-order valence-corrected chi connectivity index (χ2v) is 5.65. The average Bonchev–Trinajstić information content (AvgIpc) is 2.82. The zero-order valence-corrected chi connectivity index (χ0v) is 13.2. The van der Waals surface area contributed by atoms with Crippen LogP contribution < -0.4 is 5.56 Å². The van der Waals surface area contributed by atoms with Crippen molar-refractivity contribution in [1.82, 2.24) is 9.47 Å². The fourth-order valence-electron chi connectivity index (χ4n) is 2.82. The van der Waals surface area contributed by atoms with Crippen molar-refractivity contribution in [2.24, 2.45) is 0 Å². The molecule has 24 heavy (non-hydrogen) atoms. The van der Waals surface area contributed by atoms with Crippen LogP contribution in [0.2, 0.25) is 0 Å². The molecule has 0 aliphatic carbocycles. The molecule has 0 saturated carbocycles. The quantitative estimate of drug-likeness (QED) is 0.803. The van der Waals surface area contributed by atoms with Gasteiger partial charge in [-0.05, 0) is 37.1 Å². The molecule has 2 aromatic rings. The predicted octanol–water partition coefficient (Wildman–Crippen LogP) is 1.71. The number of carbonyl (C=O) groups excluding carboxylic acids is 2. The van der Waals surface area contributed by atoms with Gasteiger partial charge in [0.05, 0.1) is 11.1 Å². The first-order valence-corrected chi connectivity index (χ1v) is 7.60. The molecule has 3 rings (SSSR count). The Balaban J connectivity index is 1.71. The third kappa shape index (κ3) is 2.50. The Morgan fingerprint density at radius 2 is 1.62 bits per heavy atom. The van der Waals surface area contributed by atoms with Gasteiger partial charge in [0.25, 0.3) is 17.4 Å². The third-order valence-electron chi connectivity index (χ3n) is 4.14. The number of carbonyl (C=O) groups is 2. The fourth-order valence-corrected chi connectivity index (χ4v) is 2.82. The predicted molar refractivity (Wildman–Crippen MR) is 86.6 cm³/mol. The first kappa shape index (κ1) is 15.7. The van der Waals surface area contributed by atoms with Crippen molar-refractivity contribution in [2.75, 3.05) is 6.54 Å². The Morgan fingerprint density at radius 3 is 2.21 bits per heavy atom. The second kappa shape index (κ2) is 6.13. The minimum Gasteiger partial charge on any atom is -0.314 e. The Hall–Kier alpha value is -3.20. The summed E-state index contributed by atoms with van der Waals surface area (Å²) in [7, 11) is 0. The summed E-state index contributed by atoms with van der Waals surface area (Å²) < 4.78 is 1.43. The van der Waals surface area contributed by atoms with E-state index in [1.165, 1.54) is 9.47 Å². The molecule has 1 aromatic heterocycles. The van der Waals surface area contributed by atoms with E-state index in [1.54, 1.807) is 43.5 Å². The fraction of sp³-hybridized carbons (Fsp3) is 0.222. The molecule has 0 fully saturated rings. The molecule has 2 heterocycles. The summed E-state index contributed by atoms with van der Waals surface area (Å²) in [5.74, 6) is -0.603. The molecule has 0 unspecified atom stereocenters. The molecule has 0 bridgehead atoms. The second-order valence-electron chi connectivity index (χ2n) is 5.65. The van der Waals surface area contributed by atoms with E-state index in [0.29, 0.717) is 29.7 Å². The summed E-state index contributed by atoms with van der Waals surface area (Å²) in [5, 5.41) is 9.03. The van der Waals surface area contributed by atoms with Crippen LogP contribution in [0, 0.1) is 18.3 Å². The van der Waals surface area contributed by atoms with Crippen molar-refractivity contribution in [3.05, 3.63) is 69.1 Å². The summed E-state index contributed by atoms with van der Waals surface area (Å²) >= 11 is 0. The molecule has 0 radical (unpaired) electrons. The molecule has 0 atom stereocenters. The molecule has 0 saturated heterocycles. The summed E-state index contributed by atoms with van der Waals surface area (Å²) in [6, 6.07) is 10.3. The summed E-state index contributed by atoms with van der Waals surface area (Å²) in [6.45, 7) is 2.28. The number of rotatable bonds is 4. The van der Waals surface area contributed by atoms with E-state index >= 15 is 0 Å². The Labute approximate surface area is 138 Å². The summed E-state index contributed by atoms with van der Waals surface area (Å²) in [6.07, 6.45) is 2.07. The van der Waals surface area contributed by atoms with Gasteiger partial charge in [-0.1, -0.05) is 12.1 Å². The van der Waals surface area contributed by atoms with E-state index in [-0.39, 0.29) is 29.5 Å². The number of nitrogens with zero attached hydrogens (tertiary/aromatic N) is 3. The zero-order chi connectivity index (χ0) is 17.3. The van der Waals surface area contributed by atoms with Gasteiger partial charge >= 0.3 is 0 Å². The lowest BCUT2D eigenvalue weighted by molar-refractivity contribution is 0.0650. The average molecular weight is 321 g/mol. The van der Waals surface area contributed by atoms with E-state index in [0.717, 1.165) is 0 Å². The van der Waals surface area contributed by atoms with Crippen LogP contribution in [0.4, 0.5) is 0 Å². The van der Waals surface area contributed by atoms with Crippen LogP contribution in [0.1, 0.15) is 38.3 Å². The SMILES string of the molecule is Cc1ccn(CCCN2C(=O)c3ccccc3C2=O)c(=O)c1C#N. The number of pyridine rings is 1. The number of amides is 2. The number of benzene rings is 1. The maximum atomic E-state index is 12.3. The number of aromatic nitrogens is 1. The van der Waals surface area contributed by atoms with Gasteiger partial charge < -0.3 is 4.57 Å². The van der Waals surface area contributed by atoms with Crippen LogP contribution in [-0.4, -0.2) is 27.8 Å². The van der Waals surface area contributed by atoms with Gasteiger partial charge in [0.2, 0.25) is 0 Å². The highest BCUT2D eigenvalue weighted by Gasteiger charge is 2.34. The van der Waals surface area contributed by atoms with E-state index < -0.39 is 0 Å². The number of nitriles is 1. The van der Waals surface area contributed by atoms with Crippen molar-refractivity contribution >= 4 is 11.8 Å². The molecule has 6 heteroatoms. The van der Waals surface area contributed by atoms with E-state index in [2.05, 4.69) is 0 Å². The van der Waals surface area contributed by atoms with Crippen molar-refractivity contribution in [1.29, 1.82) is 5.26 Å². The van der Waals surface area contributed by atoms with Crippen molar-refractivity contribution < 1.29 is 9.59 Å². The minimum absolute atomic E-state index is 0.123. The van der Waals surface area contributed by atoms with Gasteiger partial charge in [-0.3, -0.25) is 19.3 Å². The Bertz CT molecular complexity index is 902. The maximum Gasteiger partial charge on any atom is 0.268 e. The first-order chi connectivity index (χ1) is 11.5. The lowest BCUT2D eigenvalue weighted by Gasteiger charge is -2.14. The van der Waals surface area contributed by atoms with Gasteiger partial charge in [0.1, 0.15) is 11.6 Å². The number of hydrogen-bond donors (Lipinski definition) is 0.